The van der Waals surface area contributed by atoms with Gasteiger partial charge in [-0.15, -0.1) is 0 Å². The van der Waals surface area contributed by atoms with E-state index in [1.807, 2.05) is 29.6 Å². The third kappa shape index (κ3) is 5.01. The van der Waals surface area contributed by atoms with Crippen molar-refractivity contribution in [3.8, 4) is 0 Å². The fourth-order valence-electron chi connectivity index (χ4n) is 4.54. The van der Waals surface area contributed by atoms with E-state index in [9.17, 15) is 9.59 Å². The van der Waals surface area contributed by atoms with E-state index in [0.29, 0.717) is 19.0 Å². The van der Waals surface area contributed by atoms with E-state index in [4.69, 9.17) is 4.74 Å². The molecule has 0 aromatic heterocycles. The number of fused-ring (bicyclic) bond motifs is 1. The smallest absolute Gasteiger partial charge is 0.321 e. The van der Waals surface area contributed by atoms with E-state index >= 15 is 0 Å². The Bertz CT molecular complexity index is 701. The molecule has 0 unspecified atom stereocenters. The lowest BCUT2D eigenvalue weighted by Crippen LogP contribution is -2.43. The molecule has 2 N–H and O–H groups in total. The minimum absolute atomic E-state index is 0.0258. The number of carbonyl (C=O) groups is 2. The van der Waals surface area contributed by atoms with E-state index in [-0.39, 0.29) is 18.0 Å². The van der Waals surface area contributed by atoms with Crippen LogP contribution in [0.5, 0.6) is 0 Å². The number of unbranched alkanes of at least 4 members (excludes halogenated alkanes) is 1. The molecular weight excluding hydrogens is 368 g/mol. The van der Waals surface area contributed by atoms with Gasteiger partial charge in [0, 0.05) is 44.8 Å². The van der Waals surface area contributed by atoms with Crippen LogP contribution in [0.15, 0.2) is 35.8 Å². The first kappa shape index (κ1) is 20.0. The highest BCUT2D eigenvalue weighted by Gasteiger charge is 2.30. The Morgan fingerprint density at radius 3 is 2.83 bits per heavy atom. The number of hydrogen-bond donors (Lipinski definition) is 2. The van der Waals surface area contributed by atoms with Crippen LogP contribution < -0.4 is 10.6 Å². The summed E-state index contributed by atoms with van der Waals surface area (Å²) >= 11 is 0. The molecule has 4 aliphatic rings. The molecule has 1 atom stereocenters. The number of nitrogens with zero attached hydrogens (tertiary/aromatic N) is 2. The van der Waals surface area contributed by atoms with Gasteiger partial charge in [0.25, 0.3) is 5.91 Å². The second-order valence-corrected chi connectivity index (χ2v) is 8.38. The summed E-state index contributed by atoms with van der Waals surface area (Å²) in [6.45, 7) is 3.79. The van der Waals surface area contributed by atoms with Crippen molar-refractivity contribution in [2.45, 2.75) is 51.0 Å². The number of piperidine rings is 1. The average molecular weight is 401 g/mol. The van der Waals surface area contributed by atoms with Gasteiger partial charge in [0.2, 0.25) is 0 Å². The average Bonchev–Trinajstić information content (AvgIpc) is 3.43. The van der Waals surface area contributed by atoms with Gasteiger partial charge < -0.3 is 20.3 Å². The summed E-state index contributed by atoms with van der Waals surface area (Å²) in [5.74, 6) is 0.888. The highest BCUT2D eigenvalue weighted by atomic mass is 16.5. The maximum atomic E-state index is 12.4. The number of amides is 3. The summed E-state index contributed by atoms with van der Waals surface area (Å²) in [6.07, 6.45) is 14.9. The third-order valence-corrected chi connectivity index (χ3v) is 6.33. The minimum atomic E-state index is -0.186. The van der Waals surface area contributed by atoms with Crippen molar-refractivity contribution in [2.75, 3.05) is 32.8 Å². The first-order valence-electron chi connectivity index (χ1n) is 11.0. The molecule has 4 aliphatic heterocycles. The lowest BCUT2D eigenvalue weighted by atomic mass is 9.91. The Morgan fingerprint density at radius 1 is 1.21 bits per heavy atom. The van der Waals surface area contributed by atoms with Crippen LogP contribution in [0.1, 0.15) is 44.9 Å². The molecule has 0 radical (unpaired) electrons. The first-order chi connectivity index (χ1) is 14.2. The van der Waals surface area contributed by atoms with Gasteiger partial charge in [-0.05, 0) is 55.2 Å². The van der Waals surface area contributed by atoms with Crippen molar-refractivity contribution >= 4 is 11.9 Å². The van der Waals surface area contributed by atoms with Gasteiger partial charge in [0.15, 0.2) is 0 Å². The maximum Gasteiger partial charge on any atom is 0.321 e. The number of hydrogen-bond acceptors (Lipinski definition) is 4. The monoisotopic (exact) mass is 400 g/mol. The van der Waals surface area contributed by atoms with Crippen LogP contribution in [-0.2, 0) is 9.53 Å². The van der Waals surface area contributed by atoms with E-state index in [0.717, 1.165) is 69.4 Å². The van der Waals surface area contributed by atoms with Gasteiger partial charge in [-0.2, -0.15) is 0 Å². The number of dihydropyridines is 1. The molecule has 0 aromatic rings. The Balaban J connectivity index is 1.08. The first-order valence-corrected chi connectivity index (χ1v) is 11.0. The topological polar surface area (TPSA) is 73.9 Å². The van der Waals surface area contributed by atoms with Gasteiger partial charge in [-0.3, -0.25) is 9.69 Å². The summed E-state index contributed by atoms with van der Waals surface area (Å²) in [5.41, 5.74) is 2.25. The number of nitrogens with one attached hydrogen (secondary N) is 2. The van der Waals surface area contributed by atoms with E-state index in [1.165, 1.54) is 6.42 Å². The standard InChI is InChI=1S/C22H32N4O3/c27-21(20-5-3-13-29-20)25-11-7-17(8-12-25)4-1-2-9-24-22(28)26-15-18-6-10-23-14-19(18)16-26/h6,10,14-15,17,20,23H,1-5,7-9,11-13,16H2,(H,24,28)/t20-/m0/s1. The molecule has 0 aliphatic carbocycles. The van der Waals surface area contributed by atoms with Crippen LogP contribution in [0, 0.1) is 5.92 Å². The quantitative estimate of drug-likeness (QED) is 0.672. The summed E-state index contributed by atoms with van der Waals surface area (Å²) < 4.78 is 5.53. The predicted molar refractivity (Wildman–Crippen MR) is 111 cm³/mol. The summed E-state index contributed by atoms with van der Waals surface area (Å²) in [4.78, 5) is 28.4. The molecule has 158 valence electrons. The van der Waals surface area contributed by atoms with Crippen molar-refractivity contribution < 1.29 is 14.3 Å². The molecule has 0 spiro atoms. The second kappa shape index (κ2) is 9.48. The predicted octanol–water partition coefficient (Wildman–Crippen LogP) is 2.48. The molecule has 4 heterocycles. The fourth-order valence-corrected chi connectivity index (χ4v) is 4.54. The molecule has 2 saturated heterocycles. The van der Waals surface area contributed by atoms with Gasteiger partial charge in [0.1, 0.15) is 6.10 Å². The summed E-state index contributed by atoms with van der Waals surface area (Å²) in [7, 11) is 0. The number of allylic oxidation sites excluding steroid dienone is 1. The Kier molecular flexibility index (Phi) is 6.54. The number of carbonyl (C=O) groups excluding carboxylic acids is 2. The molecule has 2 fully saturated rings. The highest BCUT2D eigenvalue weighted by molar-refractivity contribution is 5.81. The molecule has 7 nitrogen and oxygen atoms in total. The fraction of sp³-hybridized carbons (Fsp3) is 0.636. The van der Waals surface area contributed by atoms with Crippen LogP contribution in [0.4, 0.5) is 4.79 Å². The van der Waals surface area contributed by atoms with Crippen molar-refractivity contribution in [3.63, 3.8) is 0 Å². The molecule has 0 aromatic carbocycles. The Hall–Kier alpha value is -2.28. The van der Waals surface area contributed by atoms with E-state index < -0.39 is 0 Å². The van der Waals surface area contributed by atoms with Gasteiger partial charge in [0.05, 0.1) is 6.54 Å². The Morgan fingerprint density at radius 2 is 2.07 bits per heavy atom. The number of ether oxygens (including phenoxy) is 1. The molecule has 29 heavy (non-hydrogen) atoms. The van der Waals surface area contributed by atoms with Gasteiger partial charge in [-0.25, -0.2) is 4.79 Å². The molecule has 3 amide bonds. The van der Waals surface area contributed by atoms with E-state index in [2.05, 4.69) is 10.6 Å². The molecular formula is C22H32N4O3. The largest absolute Gasteiger partial charge is 0.368 e. The van der Waals surface area contributed by atoms with Crippen LogP contribution >= 0.6 is 0 Å². The lowest BCUT2D eigenvalue weighted by Gasteiger charge is -2.33. The summed E-state index contributed by atoms with van der Waals surface area (Å²) in [6, 6.07) is -0.0258. The molecule has 0 saturated carbocycles. The lowest BCUT2D eigenvalue weighted by molar-refractivity contribution is -0.142. The molecule has 0 bridgehead atoms. The zero-order chi connectivity index (χ0) is 20.1. The van der Waals surface area contributed by atoms with Crippen molar-refractivity contribution in [1.82, 2.24) is 20.4 Å². The van der Waals surface area contributed by atoms with Crippen LogP contribution in [-0.4, -0.2) is 60.6 Å². The minimum Gasteiger partial charge on any atom is -0.368 e. The van der Waals surface area contributed by atoms with Gasteiger partial charge in [-0.1, -0.05) is 12.8 Å². The molecule has 4 rings (SSSR count). The van der Waals surface area contributed by atoms with E-state index in [1.54, 1.807) is 4.90 Å². The number of urea groups is 1. The zero-order valence-corrected chi connectivity index (χ0v) is 17.1. The Labute approximate surface area is 172 Å². The van der Waals surface area contributed by atoms with Crippen molar-refractivity contribution in [1.29, 1.82) is 0 Å². The second-order valence-electron chi connectivity index (χ2n) is 8.38. The zero-order valence-electron chi connectivity index (χ0n) is 17.1. The third-order valence-electron chi connectivity index (χ3n) is 6.33. The van der Waals surface area contributed by atoms with Crippen molar-refractivity contribution in [3.05, 3.63) is 35.8 Å². The van der Waals surface area contributed by atoms with Crippen molar-refractivity contribution in [2.24, 2.45) is 5.92 Å². The molecule has 7 heteroatoms. The number of likely N-dealkylation sites (tertiary alicyclic amines) is 1. The highest BCUT2D eigenvalue weighted by Crippen LogP contribution is 2.25. The SMILES string of the molecule is O=C(NCCCCC1CCN(C(=O)[C@@H]2CCCO2)CC1)N1C=C2C=CNC=C2C1. The summed E-state index contributed by atoms with van der Waals surface area (Å²) in [5, 5.41) is 6.09. The van der Waals surface area contributed by atoms with Gasteiger partial charge >= 0.3 is 6.03 Å². The van der Waals surface area contributed by atoms with Crippen LogP contribution in [0.3, 0.4) is 0 Å². The normalized spacial score (nSPS) is 24.1. The van der Waals surface area contributed by atoms with Crippen LogP contribution in [0.2, 0.25) is 0 Å². The number of rotatable bonds is 6. The maximum absolute atomic E-state index is 12.4. The van der Waals surface area contributed by atoms with Crippen LogP contribution in [0.25, 0.3) is 0 Å².